The van der Waals surface area contributed by atoms with Gasteiger partial charge >= 0.3 is 0 Å². The van der Waals surface area contributed by atoms with Gasteiger partial charge in [0, 0.05) is 18.6 Å². The lowest BCUT2D eigenvalue weighted by Gasteiger charge is -2.24. The van der Waals surface area contributed by atoms with Crippen molar-refractivity contribution < 1.29 is 0 Å². The Balaban J connectivity index is 2.24. The zero-order valence-corrected chi connectivity index (χ0v) is 9.51. The molecule has 0 aromatic heterocycles. The molecule has 0 saturated carbocycles. The maximum absolute atomic E-state index is 3.72. The van der Waals surface area contributed by atoms with Crippen molar-refractivity contribution in [1.82, 2.24) is 10.2 Å². The molecule has 0 aromatic rings. The van der Waals surface area contributed by atoms with Gasteiger partial charge in [-0.1, -0.05) is 20.3 Å². The summed E-state index contributed by atoms with van der Waals surface area (Å²) in [6.45, 7) is 9.39. The van der Waals surface area contributed by atoms with Crippen LogP contribution in [0.3, 0.4) is 0 Å². The Morgan fingerprint density at radius 3 is 2.62 bits per heavy atom. The predicted molar refractivity (Wildman–Crippen MR) is 58.0 cm³/mol. The van der Waals surface area contributed by atoms with Gasteiger partial charge in [-0.2, -0.15) is 0 Å². The van der Waals surface area contributed by atoms with E-state index in [0.717, 1.165) is 12.0 Å². The molecule has 0 aromatic carbocycles. The van der Waals surface area contributed by atoms with Gasteiger partial charge in [0.05, 0.1) is 0 Å². The van der Waals surface area contributed by atoms with Crippen molar-refractivity contribution >= 4 is 0 Å². The number of likely N-dealkylation sites (tertiary alicyclic amines) is 1. The van der Waals surface area contributed by atoms with Crippen LogP contribution in [0.5, 0.6) is 0 Å². The molecule has 2 nitrogen and oxygen atoms in total. The minimum atomic E-state index is 0.668. The third-order valence-electron chi connectivity index (χ3n) is 3.39. The largest absolute Gasteiger partial charge is 0.310 e. The number of rotatable bonds is 4. The van der Waals surface area contributed by atoms with Gasteiger partial charge in [0.15, 0.2) is 0 Å². The standard InChI is InChI=1S/C11H24N2/c1-5-9(2)10(3)12-11-6-7-13(4)8-11/h9-12H,5-8H2,1-4H3/t9-,10+,11-/m0/s1. The predicted octanol–water partition coefficient (Wildman–Crippen LogP) is 1.71. The second-order valence-electron chi connectivity index (χ2n) is 4.59. The molecule has 1 N–H and O–H groups in total. The normalized spacial score (nSPS) is 29.1. The number of hydrogen-bond acceptors (Lipinski definition) is 2. The van der Waals surface area contributed by atoms with Crippen LogP contribution in [0.2, 0.25) is 0 Å². The number of nitrogens with zero attached hydrogens (tertiary/aromatic N) is 1. The third kappa shape index (κ3) is 3.28. The van der Waals surface area contributed by atoms with Crippen LogP contribution in [0, 0.1) is 5.92 Å². The highest BCUT2D eigenvalue weighted by atomic mass is 15.2. The zero-order chi connectivity index (χ0) is 9.84. The lowest BCUT2D eigenvalue weighted by molar-refractivity contribution is 0.337. The number of likely N-dealkylation sites (N-methyl/N-ethyl adjacent to an activating group) is 1. The highest BCUT2D eigenvalue weighted by Crippen LogP contribution is 2.12. The van der Waals surface area contributed by atoms with Gasteiger partial charge in [-0.25, -0.2) is 0 Å². The topological polar surface area (TPSA) is 15.3 Å². The van der Waals surface area contributed by atoms with Crippen molar-refractivity contribution in [3.05, 3.63) is 0 Å². The van der Waals surface area contributed by atoms with Gasteiger partial charge in [-0.05, 0) is 32.9 Å². The Kier molecular flexibility index (Phi) is 4.20. The third-order valence-corrected chi connectivity index (χ3v) is 3.39. The van der Waals surface area contributed by atoms with Gasteiger partial charge in [0.25, 0.3) is 0 Å². The van der Waals surface area contributed by atoms with Gasteiger partial charge in [-0.15, -0.1) is 0 Å². The Bertz CT molecular complexity index is 147. The van der Waals surface area contributed by atoms with E-state index in [0.29, 0.717) is 6.04 Å². The van der Waals surface area contributed by atoms with Crippen LogP contribution >= 0.6 is 0 Å². The molecule has 0 spiro atoms. The molecule has 13 heavy (non-hydrogen) atoms. The lowest BCUT2D eigenvalue weighted by atomic mass is 10.00. The summed E-state index contributed by atoms with van der Waals surface area (Å²) >= 11 is 0. The van der Waals surface area contributed by atoms with Gasteiger partial charge in [0.1, 0.15) is 0 Å². The molecule has 0 aliphatic carbocycles. The molecule has 0 unspecified atom stereocenters. The van der Waals surface area contributed by atoms with Crippen LogP contribution in [-0.4, -0.2) is 37.1 Å². The second kappa shape index (κ2) is 4.97. The maximum Gasteiger partial charge on any atom is 0.0209 e. The van der Waals surface area contributed by atoms with Gasteiger partial charge in [-0.3, -0.25) is 0 Å². The first kappa shape index (κ1) is 11.0. The van der Waals surface area contributed by atoms with Crippen molar-refractivity contribution in [1.29, 1.82) is 0 Å². The Labute approximate surface area is 82.7 Å². The summed E-state index contributed by atoms with van der Waals surface area (Å²) in [5, 5.41) is 3.72. The van der Waals surface area contributed by atoms with E-state index in [1.54, 1.807) is 0 Å². The maximum atomic E-state index is 3.72. The second-order valence-corrected chi connectivity index (χ2v) is 4.59. The van der Waals surface area contributed by atoms with E-state index in [-0.39, 0.29) is 0 Å². The van der Waals surface area contributed by atoms with E-state index in [4.69, 9.17) is 0 Å². The van der Waals surface area contributed by atoms with Crippen LogP contribution in [0.25, 0.3) is 0 Å². The van der Waals surface area contributed by atoms with Crippen LogP contribution in [0.15, 0.2) is 0 Å². The van der Waals surface area contributed by atoms with Crippen molar-refractivity contribution in [3.63, 3.8) is 0 Å². The van der Waals surface area contributed by atoms with Crippen molar-refractivity contribution in [3.8, 4) is 0 Å². The Morgan fingerprint density at radius 1 is 1.46 bits per heavy atom. The van der Waals surface area contributed by atoms with Crippen molar-refractivity contribution in [2.75, 3.05) is 20.1 Å². The fraction of sp³-hybridized carbons (Fsp3) is 1.00. The zero-order valence-electron chi connectivity index (χ0n) is 9.51. The first-order valence-electron chi connectivity index (χ1n) is 5.58. The number of nitrogens with one attached hydrogen (secondary N) is 1. The first-order valence-corrected chi connectivity index (χ1v) is 5.58. The summed E-state index contributed by atoms with van der Waals surface area (Å²) in [5.74, 6) is 0.797. The summed E-state index contributed by atoms with van der Waals surface area (Å²) in [7, 11) is 2.20. The molecule has 1 aliphatic heterocycles. The monoisotopic (exact) mass is 184 g/mol. The molecule has 2 heteroatoms. The van der Waals surface area contributed by atoms with E-state index >= 15 is 0 Å². The minimum absolute atomic E-state index is 0.668. The minimum Gasteiger partial charge on any atom is -0.310 e. The molecule has 1 saturated heterocycles. The Hall–Kier alpha value is -0.0800. The molecule has 0 amide bonds. The molecular weight excluding hydrogens is 160 g/mol. The highest BCUT2D eigenvalue weighted by molar-refractivity contribution is 4.82. The molecule has 1 rings (SSSR count). The molecule has 0 bridgehead atoms. The van der Waals surface area contributed by atoms with E-state index in [1.807, 2.05) is 0 Å². The molecule has 1 aliphatic rings. The quantitative estimate of drug-likeness (QED) is 0.715. The fourth-order valence-electron chi connectivity index (χ4n) is 1.96. The summed E-state index contributed by atoms with van der Waals surface area (Å²) in [5.41, 5.74) is 0. The van der Waals surface area contributed by atoms with Crippen LogP contribution in [-0.2, 0) is 0 Å². The van der Waals surface area contributed by atoms with Crippen LogP contribution in [0.1, 0.15) is 33.6 Å². The average molecular weight is 184 g/mol. The summed E-state index contributed by atoms with van der Waals surface area (Å²) in [4.78, 5) is 2.40. The molecule has 3 atom stereocenters. The van der Waals surface area contributed by atoms with Crippen molar-refractivity contribution in [2.24, 2.45) is 5.92 Å². The fourth-order valence-corrected chi connectivity index (χ4v) is 1.96. The molecule has 1 fully saturated rings. The average Bonchev–Trinajstić information content (AvgIpc) is 2.49. The Morgan fingerprint density at radius 2 is 2.15 bits per heavy atom. The summed E-state index contributed by atoms with van der Waals surface area (Å²) in [6.07, 6.45) is 2.59. The number of hydrogen-bond donors (Lipinski definition) is 1. The van der Waals surface area contributed by atoms with Gasteiger partial charge in [0.2, 0.25) is 0 Å². The van der Waals surface area contributed by atoms with E-state index < -0.39 is 0 Å². The lowest BCUT2D eigenvalue weighted by Crippen LogP contribution is -2.41. The summed E-state index contributed by atoms with van der Waals surface area (Å²) in [6, 6.07) is 1.40. The molecule has 78 valence electrons. The van der Waals surface area contributed by atoms with Crippen LogP contribution in [0.4, 0.5) is 0 Å². The summed E-state index contributed by atoms with van der Waals surface area (Å²) < 4.78 is 0. The molecule has 1 heterocycles. The van der Waals surface area contributed by atoms with Crippen molar-refractivity contribution in [2.45, 2.75) is 45.7 Å². The highest BCUT2D eigenvalue weighted by Gasteiger charge is 2.21. The molecule has 0 radical (unpaired) electrons. The van der Waals surface area contributed by atoms with E-state index in [1.165, 1.54) is 25.9 Å². The van der Waals surface area contributed by atoms with E-state index in [9.17, 15) is 0 Å². The smallest absolute Gasteiger partial charge is 0.0209 e. The van der Waals surface area contributed by atoms with Gasteiger partial charge < -0.3 is 10.2 Å². The SMILES string of the molecule is CC[C@H](C)[C@@H](C)N[C@H]1CCN(C)C1. The van der Waals surface area contributed by atoms with E-state index in [2.05, 4.69) is 38.0 Å². The molecular formula is C11H24N2. The van der Waals surface area contributed by atoms with Crippen LogP contribution < -0.4 is 5.32 Å². The first-order chi connectivity index (χ1) is 6.13.